The van der Waals surface area contributed by atoms with Crippen molar-refractivity contribution in [2.45, 2.75) is 38.7 Å². The summed E-state index contributed by atoms with van der Waals surface area (Å²) in [4.78, 5) is 12.4. The molecule has 34 heavy (non-hydrogen) atoms. The summed E-state index contributed by atoms with van der Waals surface area (Å²) in [6.45, 7) is 3.56. The van der Waals surface area contributed by atoms with Gasteiger partial charge in [0.2, 0.25) is 5.82 Å². The number of hydrogen-bond acceptors (Lipinski definition) is 6. The molecule has 0 spiro atoms. The lowest BCUT2D eigenvalue weighted by molar-refractivity contribution is -0.147. The molecule has 4 rings (SSSR count). The fourth-order valence-corrected chi connectivity index (χ4v) is 4.23. The van der Waals surface area contributed by atoms with Gasteiger partial charge in [0.15, 0.2) is 5.82 Å². The van der Waals surface area contributed by atoms with Crippen molar-refractivity contribution in [3.8, 4) is 11.4 Å². The van der Waals surface area contributed by atoms with Crippen LogP contribution in [0.4, 0.5) is 13.2 Å². The largest absolute Gasteiger partial charge is 0.496 e. The monoisotopic (exact) mass is 495 g/mol. The average molecular weight is 496 g/mol. The number of esters is 1. The first-order chi connectivity index (χ1) is 16.2. The maximum atomic E-state index is 13.9. The van der Waals surface area contributed by atoms with Crippen LogP contribution in [-0.4, -0.2) is 34.5 Å². The lowest BCUT2D eigenvalue weighted by atomic mass is 9.95. The van der Waals surface area contributed by atoms with Gasteiger partial charge in [-0.3, -0.25) is 9.36 Å². The van der Waals surface area contributed by atoms with Gasteiger partial charge in [0.25, 0.3) is 0 Å². The molecule has 2 unspecified atom stereocenters. The maximum Gasteiger partial charge on any atom is 0.452 e. The Kier molecular flexibility index (Phi) is 6.55. The van der Waals surface area contributed by atoms with Crippen molar-refractivity contribution >= 4 is 17.6 Å². The van der Waals surface area contributed by atoms with Gasteiger partial charge >= 0.3 is 12.1 Å². The van der Waals surface area contributed by atoms with Crippen molar-refractivity contribution in [2.24, 2.45) is 0 Å². The number of carbonyl (C=O) groups excluding carboxylic acids is 1. The summed E-state index contributed by atoms with van der Waals surface area (Å²) >= 11 is 6.26. The number of hydrogen-bond donors (Lipinski definition) is 0. The Hall–Kier alpha value is -3.11. The second-order valence-electron chi connectivity index (χ2n) is 7.61. The number of alkyl halides is 3. The number of methoxy groups -OCH3 is 1. The predicted octanol–water partition coefficient (Wildman–Crippen LogP) is 5.37. The van der Waals surface area contributed by atoms with Crippen molar-refractivity contribution in [3.05, 3.63) is 69.8 Å². The first-order valence-corrected chi connectivity index (χ1v) is 10.8. The molecule has 0 fully saturated rings. The second kappa shape index (κ2) is 9.27. The van der Waals surface area contributed by atoms with Crippen molar-refractivity contribution < 1.29 is 32.2 Å². The van der Waals surface area contributed by atoms with Crippen LogP contribution in [0.1, 0.15) is 53.9 Å². The number of halogens is 4. The quantitative estimate of drug-likeness (QED) is 0.443. The van der Waals surface area contributed by atoms with Crippen molar-refractivity contribution in [1.82, 2.24) is 14.8 Å². The highest BCUT2D eigenvalue weighted by atomic mass is 35.5. The third-order valence-corrected chi connectivity index (χ3v) is 5.76. The number of aromatic nitrogens is 3. The fraction of sp³-hybridized carbons (Fsp3) is 0.348. The molecular weight excluding hydrogens is 475 g/mol. The van der Waals surface area contributed by atoms with Gasteiger partial charge in [-0.15, -0.1) is 10.2 Å². The summed E-state index contributed by atoms with van der Waals surface area (Å²) in [5.41, 5.74) is 1.88. The summed E-state index contributed by atoms with van der Waals surface area (Å²) < 4.78 is 59.4. The molecule has 2 atom stereocenters. The first kappa shape index (κ1) is 24.0. The van der Waals surface area contributed by atoms with E-state index in [4.69, 9.17) is 25.8 Å². The molecule has 0 aliphatic carbocycles. The van der Waals surface area contributed by atoms with E-state index in [0.717, 1.165) is 10.1 Å². The molecule has 3 aromatic rings. The van der Waals surface area contributed by atoms with Gasteiger partial charge in [-0.2, -0.15) is 13.2 Å². The van der Waals surface area contributed by atoms with Gasteiger partial charge in [-0.05, 0) is 49.2 Å². The van der Waals surface area contributed by atoms with Crippen LogP contribution in [-0.2, 0) is 20.4 Å². The van der Waals surface area contributed by atoms with Crippen molar-refractivity contribution in [3.63, 3.8) is 0 Å². The van der Waals surface area contributed by atoms with Gasteiger partial charge in [-0.25, -0.2) is 0 Å². The topological polar surface area (TPSA) is 75.5 Å². The predicted molar refractivity (Wildman–Crippen MR) is 116 cm³/mol. The van der Waals surface area contributed by atoms with E-state index in [1.165, 1.54) is 25.3 Å². The Balaban J connectivity index is 1.98. The number of nitrogens with zero attached hydrogens (tertiary/aromatic N) is 3. The van der Waals surface area contributed by atoms with Crippen LogP contribution in [0, 0.1) is 6.92 Å². The highest BCUT2D eigenvalue weighted by Gasteiger charge is 2.43. The van der Waals surface area contributed by atoms with Crippen molar-refractivity contribution in [1.29, 1.82) is 0 Å². The van der Waals surface area contributed by atoms with E-state index in [2.05, 4.69) is 10.2 Å². The van der Waals surface area contributed by atoms with Gasteiger partial charge in [-0.1, -0.05) is 23.7 Å². The van der Waals surface area contributed by atoms with E-state index in [9.17, 15) is 18.0 Å². The Morgan fingerprint density at radius 3 is 2.65 bits per heavy atom. The molecule has 7 nitrogen and oxygen atoms in total. The van der Waals surface area contributed by atoms with Crippen LogP contribution in [0.3, 0.4) is 0 Å². The number of fused-ring (bicyclic) bond motifs is 3. The average Bonchev–Trinajstić information content (AvgIpc) is 3.18. The van der Waals surface area contributed by atoms with E-state index in [-0.39, 0.29) is 24.5 Å². The molecule has 0 saturated carbocycles. The molecule has 1 aromatic heterocycles. The highest BCUT2D eigenvalue weighted by Crippen LogP contribution is 2.45. The highest BCUT2D eigenvalue weighted by molar-refractivity contribution is 6.30. The lowest BCUT2D eigenvalue weighted by Gasteiger charge is -2.24. The summed E-state index contributed by atoms with van der Waals surface area (Å²) in [5, 5.41) is 7.47. The minimum absolute atomic E-state index is 0.111. The molecule has 1 aliphatic heterocycles. The summed E-state index contributed by atoms with van der Waals surface area (Å²) in [6.07, 6.45) is -7.22. The molecule has 11 heteroatoms. The van der Waals surface area contributed by atoms with Crippen molar-refractivity contribution in [2.75, 3.05) is 13.7 Å². The zero-order chi connectivity index (χ0) is 24.6. The lowest BCUT2D eigenvalue weighted by Crippen LogP contribution is -2.18. The third kappa shape index (κ3) is 4.35. The summed E-state index contributed by atoms with van der Waals surface area (Å²) in [7, 11) is 1.52. The van der Waals surface area contributed by atoms with E-state index < -0.39 is 30.2 Å². The van der Waals surface area contributed by atoms with Crippen LogP contribution in [0.15, 0.2) is 36.4 Å². The third-order valence-electron chi connectivity index (χ3n) is 5.53. The molecule has 2 heterocycles. The standard InChI is InChI=1S/C23H21ClF3N3O4/c1-4-33-19(31)11-18-21-28-29-22(23(25,26)27)30(21)16-9-8-13(24)10-15(16)20(34-18)14-6-5-7-17(32-3)12(14)2/h5-10,18,20H,4,11H2,1-3H3. The molecular formula is C23H21ClF3N3O4. The normalized spacial score (nSPS) is 17.5. The van der Waals surface area contributed by atoms with Gasteiger partial charge in [0.05, 0.1) is 25.8 Å². The molecule has 1 aliphatic rings. The van der Waals surface area contributed by atoms with Crippen LogP contribution < -0.4 is 4.74 Å². The molecule has 0 bridgehead atoms. The van der Waals surface area contributed by atoms with E-state index >= 15 is 0 Å². The first-order valence-electron chi connectivity index (χ1n) is 10.4. The Morgan fingerprint density at radius 1 is 1.21 bits per heavy atom. The zero-order valence-corrected chi connectivity index (χ0v) is 19.3. The zero-order valence-electron chi connectivity index (χ0n) is 18.5. The van der Waals surface area contributed by atoms with E-state index in [1.54, 1.807) is 25.1 Å². The smallest absolute Gasteiger partial charge is 0.452 e. The van der Waals surface area contributed by atoms with Crippen LogP contribution in [0.25, 0.3) is 5.69 Å². The van der Waals surface area contributed by atoms with Crippen LogP contribution in [0.2, 0.25) is 5.02 Å². The molecule has 180 valence electrons. The number of ether oxygens (including phenoxy) is 3. The van der Waals surface area contributed by atoms with Gasteiger partial charge in [0.1, 0.15) is 18.0 Å². The molecule has 0 radical (unpaired) electrons. The maximum absolute atomic E-state index is 13.9. The minimum atomic E-state index is -4.80. The second-order valence-corrected chi connectivity index (χ2v) is 8.04. The Bertz CT molecular complexity index is 1230. The fourth-order valence-electron chi connectivity index (χ4n) is 4.05. The summed E-state index contributed by atoms with van der Waals surface area (Å²) in [5.74, 6) is -1.45. The molecule has 2 aromatic carbocycles. The molecule has 0 saturated heterocycles. The molecule has 0 N–H and O–H groups in total. The van der Waals surface area contributed by atoms with Crippen LogP contribution >= 0.6 is 11.6 Å². The van der Waals surface area contributed by atoms with E-state index in [0.29, 0.717) is 21.9 Å². The van der Waals surface area contributed by atoms with Gasteiger partial charge in [0, 0.05) is 10.6 Å². The van der Waals surface area contributed by atoms with Gasteiger partial charge < -0.3 is 14.2 Å². The molecule has 0 amide bonds. The SMILES string of the molecule is CCOC(=O)CC1OC(c2cccc(OC)c2C)c2cc(Cl)ccc2-n2c1nnc2C(F)(F)F. The minimum Gasteiger partial charge on any atom is -0.496 e. The number of carbonyl (C=O) groups is 1. The van der Waals surface area contributed by atoms with Crippen LogP contribution in [0.5, 0.6) is 5.75 Å². The van der Waals surface area contributed by atoms with E-state index in [1.807, 2.05) is 6.92 Å². The summed E-state index contributed by atoms with van der Waals surface area (Å²) in [6, 6.07) is 9.77. The number of benzene rings is 2. The number of rotatable bonds is 5. The Labute approximate surface area is 198 Å². The Morgan fingerprint density at radius 2 is 1.97 bits per heavy atom.